The first-order valence-electron chi connectivity index (χ1n) is 13.1. The fourth-order valence-electron chi connectivity index (χ4n) is 2.74. The maximum atomic E-state index is 10.2. The summed E-state index contributed by atoms with van der Waals surface area (Å²) in [5, 5.41) is 8.41. The maximum Gasteiger partial charge on any atom is 0.329 e. The molecular weight excluding hydrogens is 518 g/mol. The second-order valence-corrected chi connectivity index (χ2v) is 7.73. The van der Waals surface area contributed by atoms with E-state index in [1.54, 1.807) is 6.07 Å². The predicted octanol–water partition coefficient (Wildman–Crippen LogP) is 0.882. The average molecular weight is 564 g/mol. The molecule has 0 aliphatic carbocycles. The van der Waals surface area contributed by atoms with E-state index in [9.17, 15) is 4.79 Å². The van der Waals surface area contributed by atoms with Crippen molar-refractivity contribution in [2.24, 2.45) is 0 Å². The van der Waals surface area contributed by atoms with E-state index in [1.165, 1.54) is 0 Å². The smallest absolute Gasteiger partial charge is 0.329 e. The first kappa shape index (κ1) is 35.0. The lowest BCUT2D eigenvalue weighted by Crippen LogP contribution is -2.15. The van der Waals surface area contributed by atoms with Crippen LogP contribution in [-0.2, 0) is 47.4 Å². The molecule has 0 spiro atoms. The molecule has 39 heavy (non-hydrogen) atoms. The number of rotatable bonds is 30. The van der Waals surface area contributed by atoms with E-state index in [4.69, 9.17) is 58.2 Å². The van der Waals surface area contributed by atoms with Crippen LogP contribution in [-0.4, -0.2) is 137 Å². The zero-order valence-electron chi connectivity index (χ0n) is 22.8. The van der Waals surface area contributed by atoms with E-state index in [0.717, 1.165) is 0 Å². The molecule has 0 heterocycles. The van der Waals surface area contributed by atoms with Gasteiger partial charge in [0.05, 0.1) is 118 Å². The van der Waals surface area contributed by atoms with Crippen LogP contribution >= 0.6 is 0 Å². The van der Waals surface area contributed by atoms with E-state index in [0.29, 0.717) is 124 Å². The lowest BCUT2D eigenvalue weighted by molar-refractivity contribution is -0.142. The minimum absolute atomic E-state index is 0.242. The van der Waals surface area contributed by atoms with E-state index < -0.39 is 5.97 Å². The van der Waals surface area contributed by atoms with Crippen molar-refractivity contribution >= 4 is 11.7 Å². The molecule has 1 rings (SSSR count). The Labute approximate surface area is 230 Å². The molecule has 0 bridgehead atoms. The van der Waals surface area contributed by atoms with Crippen molar-refractivity contribution in [2.45, 2.75) is 0 Å². The van der Waals surface area contributed by atoms with Crippen molar-refractivity contribution < 1.29 is 57.3 Å². The van der Waals surface area contributed by atoms with Crippen LogP contribution in [0.4, 0.5) is 5.69 Å². The highest BCUT2D eigenvalue weighted by atomic mass is 16.6. The quantitative estimate of drug-likeness (QED) is 0.101. The molecule has 0 unspecified atom stereocenters. The van der Waals surface area contributed by atoms with Gasteiger partial charge in [0.1, 0.15) is 19.0 Å². The summed E-state index contributed by atoms with van der Waals surface area (Å²) in [7, 11) is 0. The topological polar surface area (TPSA) is 156 Å². The molecular formula is C26H45NO12. The number of benzene rings is 1. The summed E-state index contributed by atoms with van der Waals surface area (Å²) < 4.78 is 53.6. The number of carboxylic acids is 1. The molecule has 1 aromatic rings. The van der Waals surface area contributed by atoms with E-state index in [2.05, 4.69) is 0 Å². The number of para-hydroxylation sites is 2. The molecule has 13 nitrogen and oxygen atoms in total. The summed E-state index contributed by atoms with van der Waals surface area (Å²) in [6, 6.07) is 7.35. The summed E-state index contributed by atoms with van der Waals surface area (Å²) in [6.07, 6.45) is 0. The Balaban J connectivity index is 1.65. The fraction of sp³-hybridized carbons (Fsp3) is 0.731. The highest BCUT2D eigenvalue weighted by Gasteiger charge is 1.99. The van der Waals surface area contributed by atoms with Crippen LogP contribution in [0.3, 0.4) is 0 Å². The summed E-state index contributed by atoms with van der Waals surface area (Å²) in [6.45, 7) is 7.81. The first-order chi connectivity index (χ1) is 19.2. The molecule has 0 amide bonds. The summed E-state index contributed by atoms with van der Waals surface area (Å²) in [4.78, 5) is 10.2. The predicted molar refractivity (Wildman–Crippen MR) is 141 cm³/mol. The van der Waals surface area contributed by atoms with Gasteiger partial charge in [-0.1, -0.05) is 12.1 Å². The van der Waals surface area contributed by atoms with E-state index in [-0.39, 0.29) is 13.2 Å². The zero-order valence-corrected chi connectivity index (χ0v) is 22.8. The molecule has 3 N–H and O–H groups in total. The third-order valence-electron chi connectivity index (χ3n) is 4.61. The van der Waals surface area contributed by atoms with Gasteiger partial charge in [-0.15, -0.1) is 0 Å². The number of aliphatic carboxylic acids is 1. The Kier molecular flexibility index (Phi) is 24.6. The molecule has 0 atom stereocenters. The van der Waals surface area contributed by atoms with Crippen LogP contribution in [0.1, 0.15) is 0 Å². The fourth-order valence-corrected chi connectivity index (χ4v) is 2.74. The van der Waals surface area contributed by atoms with Crippen molar-refractivity contribution in [3.63, 3.8) is 0 Å². The Hall–Kier alpha value is -2.07. The molecule has 0 saturated heterocycles. The third-order valence-corrected chi connectivity index (χ3v) is 4.61. The van der Waals surface area contributed by atoms with Crippen LogP contribution < -0.4 is 10.5 Å². The summed E-state index contributed by atoms with van der Waals surface area (Å²) >= 11 is 0. The Morgan fingerprint density at radius 2 is 0.821 bits per heavy atom. The second-order valence-electron chi connectivity index (χ2n) is 7.73. The van der Waals surface area contributed by atoms with Gasteiger partial charge in [0.25, 0.3) is 0 Å². The number of carbonyl (C=O) groups is 1. The van der Waals surface area contributed by atoms with Crippen LogP contribution in [0.25, 0.3) is 0 Å². The molecule has 226 valence electrons. The molecule has 0 saturated carbocycles. The Morgan fingerprint density at radius 1 is 0.513 bits per heavy atom. The number of hydrogen-bond donors (Lipinski definition) is 2. The van der Waals surface area contributed by atoms with Gasteiger partial charge in [0.2, 0.25) is 0 Å². The van der Waals surface area contributed by atoms with E-state index >= 15 is 0 Å². The van der Waals surface area contributed by atoms with Gasteiger partial charge >= 0.3 is 5.97 Å². The highest BCUT2D eigenvalue weighted by molar-refractivity contribution is 5.67. The highest BCUT2D eigenvalue weighted by Crippen LogP contribution is 2.19. The van der Waals surface area contributed by atoms with Gasteiger partial charge < -0.3 is 58.2 Å². The lowest BCUT2D eigenvalue weighted by atomic mass is 10.3. The molecule has 0 radical (unpaired) electrons. The van der Waals surface area contributed by atoms with Gasteiger partial charge in [0, 0.05) is 0 Å². The van der Waals surface area contributed by atoms with Crippen molar-refractivity contribution in [2.75, 3.05) is 131 Å². The lowest BCUT2D eigenvalue weighted by Gasteiger charge is -2.09. The van der Waals surface area contributed by atoms with Gasteiger partial charge in [0.15, 0.2) is 0 Å². The van der Waals surface area contributed by atoms with Crippen LogP contribution in [0.2, 0.25) is 0 Å². The third kappa shape index (κ3) is 24.7. The van der Waals surface area contributed by atoms with Crippen LogP contribution in [0.5, 0.6) is 5.75 Å². The van der Waals surface area contributed by atoms with Gasteiger partial charge in [-0.05, 0) is 12.1 Å². The molecule has 0 aliphatic rings. The van der Waals surface area contributed by atoms with Gasteiger partial charge in [-0.2, -0.15) is 0 Å². The molecule has 0 fully saturated rings. The standard InChI is InChI=1S/C26H45NO12/c27-24-3-1-2-4-25(24)39-22-21-37-18-17-35-14-13-33-10-9-31-6-5-30-7-8-32-11-12-34-15-16-36-19-20-38-23-26(28)29/h1-4H,5-23,27H2,(H,28,29). The molecule has 0 aromatic heterocycles. The van der Waals surface area contributed by atoms with Crippen LogP contribution in [0.15, 0.2) is 24.3 Å². The number of ether oxygens (including phenoxy) is 10. The zero-order chi connectivity index (χ0) is 28.1. The largest absolute Gasteiger partial charge is 0.489 e. The molecule has 1 aromatic carbocycles. The summed E-state index contributed by atoms with van der Waals surface area (Å²) in [5.41, 5.74) is 6.41. The number of nitrogen functional groups attached to an aromatic ring is 1. The maximum absolute atomic E-state index is 10.2. The number of anilines is 1. The number of nitrogens with two attached hydrogens (primary N) is 1. The minimum Gasteiger partial charge on any atom is -0.489 e. The number of hydrogen-bond acceptors (Lipinski definition) is 12. The Morgan fingerprint density at radius 3 is 1.15 bits per heavy atom. The Bertz CT molecular complexity index is 682. The van der Waals surface area contributed by atoms with Gasteiger partial charge in [-0.25, -0.2) is 4.79 Å². The normalized spacial score (nSPS) is 11.2. The summed E-state index contributed by atoms with van der Waals surface area (Å²) in [5.74, 6) is -0.333. The monoisotopic (exact) mass is 563 g/mol. The molecule has 13 heteroatoms. The second kappa shape index (κ2) is 27.5. The van der Waals surface area contributed by atoms with Crippen molar-refractivity contribution in [1.82, 2.24) is 0 Å². The van der Waals surface area contributed by atoms with Crippen molar-refractivity contribution in [1.29, 1.82) is 0 Å². The first-order valence-corrected chi connectivity index (χ1v) is 13.1. The van der Waals surface area contributed by atoms with Crippen LogP contribution in [0, 0.1) is 0 Å². The minimum atomic E-state index is -0.996. The SMILES string of the molecule is Nc1ccccc1OCCOCCOCCOCCOCCOCCOCCOCCOCCOCC(=O)O. The van der Waals surface area contributed by atoms with Crippen molar-refractivity contribution in [3.8, 4) is 5.75 Å². The van der Waals surface area contributed by atoms with Crippen molar-refractivity contribution in [3.05, 3.63) is 24.3 Å². The average Bonchev–Trinajstić information content (AvgIpc) is 2.93. The molecule has 0 aliphatic heterocycles. The van der Waals surface area contributed by atoms with E-state index in [1.807, 2.05) is 18.2 Å². The van der Waals surface area contributed by atoms with Gasteiger partial charge in [-0.3, -0.25) is 0 Å². The number of carboxylic acid groups (broad SMARTS) is 1.